The van der Waals surface area contributed by atoms with Crippen LogP contribution in [-0.2, 0) is 11.2 Å². The molecule has 1 aromatic carbocycles. The standard InChI is InChI=1S/C18H27N3O2/c1-2-3-14-23-18(22)21-12-10-20(11-13-21)17-8-4-7-16-15(17)6-5-9-19-16/h4,7-8,19H,2-3,5-6,9-14H2,1H3. The monoisotopic (exact) mass is 317 g/mol. The average Bonchev–Trinajstić information content (AvgIpc) is 2.61. The molecule has 1 fully saturated rings. The van der Waals surface area contributed by atoms with Crippen LogP contribution in [-0.4, -0.2) is 50.3 Å². The fourth-order valence-electron chi connectivity index (χ4n) is 3.31. The summed E-state index contributed by atoms with van der Waals surface area (Å²) >= 11 is 0. The molecule has 1 amide bonds. The van der Waals surface area contributed by atoms with Crippen molar-refractivity contribution in [3.05, 3.63) is 23.8 Å². The van der Waals surface area contributed by atoms with Gasteiger partial charge in [0.2, 0.25) is 0 Å². The van der Waals surface area contributed by atoms with Crippen LogP contribution < -0.4 is 10.2 Å². The van der Waals surface area contributed by atoms with E-state index in [1.165, 1.54) is 23.4 Å². The first-order chi connectivity index (χ1) is 11.3. The first-order valence-corrected chi connectivity index (χ1v) is 8.82. The maximum Gasteiger partial charge on any atom is 0.409 e. The van der Waals surface area contributed by atoms with E-state index in [1.807, 2.05) is 4.90 Å². The first-order valence-electron chi connectivity index (χ1n) is 8.82. The Kier molecular flexibility index (Phi) is 5.26. The summed E-state index contributed by atoms with van der Waals surface area (Å²) in [5.74, 6) is 0. The summed E-state index contributed by atoms with van der Waals surface area (Å²) in [5, 5.41) is 3.49. The Hall–Kier alpha value is -1.91. The molecule has 2 aliphatic rings. The molecule has 3 rings (SSSR count). The van der Waals surface area contributed by atoms with Gasteiger partial charge in [0.05, 0.1) is 6.61 Å². The summed E-state index contributed by atoms with van der Waals surface area (Å²) in [7, 11) is 0. The second kappa shape index (κ2) is 7.57. The number of ether oxygens (including phenoxy) is 1. The summed E-state index contributed by atoms with van der Waals surface area (Å²) in [6.07, 6.45) is 4.16. The molecule has 23 heavy (non-hydrogen) atoms. The number of hydrogen-bond donors (Lipinski definition) is 1. The Morgan fingerprint density at radius 3 is 2.87 bits per heavy atom. The van der Waals surface area contributed by atoms with Crippen LogP contribution in [0.3, 0.4) is 0 Å². The highest BCUT2D eigenvalue weighted by Crippen LogP contribution is 2.32. The van der Waals surface area contributed by atoms with Gasteiger partial charge in [0.1, 0.15) is 0 Å². The van der Waals surface area contributed by atoms with E-state index in [0.717, 1.165) is 52.0 Å². The van der Waals surface area contributed by atoms with Gasteiger partial charge in [-0.25, -0.2) is 4.79 Å². The molecule has 1 N–H and O–H groups in total. The number of piperazine rings is 1. The molecule has 0 saturated carbocycles. The molecular weight excluding hydrogens is 290 g/mol. The summed E-state index contributed by atoms with van der Waals surface area (Å²) < 4.78 is 5.31. The number of nitrogens with zero attached hydrogens (tertiary/aromatic N) is 2. The summed E-state index contributed by atoms with van der Waals surface area (Å²) in [6.45, 7) is 6.92. The van der Waals surface area contributed by atoms with E-state index in [0.29, 0.717) is 6.61 Å². The van der Waals surface area contributed by atoms with Crippen LogP contribution in [0.1, 0.15) is 31.7 Å². The average molecular weight is 317 g/mol. The number of benzene rings is 1. The second-order valence-corrected chi connectivity index (χ2v) is 6.28. The minimum Gasteiger partial charge on any atom is -0.449 e. The lowest BCUT2D eigenvalue weighted by molar-refractivity contribution is 0.0989. The van der Waals surface area contributed by atoms with Crippen molar-refractivity contribution in [1.82, 2.24) is 4.90 Å². The van der Waals surface area contributed by atoms with Crippen LogP contribution >= 0.6 is 0 Å². The third kappa shape index (κ3) is 3.71. The number of carbonyl (C=O) groups excluding carboxylic acids is 1. The maximum absolute atomic E-state index is 12.0. The van der Waals surface area contributed by atoms with E-state index in [-0.39, 0.29) is 6.09 Å². The maximum atomic E-state index is 12.0. The normalized spacial score (nSPS) is 17.4. The van der Waals surface area contributed by atoms with E-state index in [4.69, 9.17) is 4.74 Å². The molecule has 5 heteroatoms. The van der Waals surface area contributed by atoms with E-state index in [1.54, 1.807) is 0 Å². The molecule has 126 valence electrons. The van der Waals surface area contributed by atoms with E-state index >= 15 is 0 Å². The van der Waals surface area contributed by atoms with Crippen LogP contribution in [0.2, 0.25) is 0 Å². The predicted octanol–water partition coefficient (Wildman–Crippen LogP) is 3.10. The van der Waals surface area contributed by atoms with Crippen molar-refractivity contribution in [3.8, 4) is 0 Å². The van der Waals surface area contributed by atoms with Crippen molar-refractivity contribution < 1.29 is 9.53 Å². The highest BCUT2D eigenvalue weighted by atomic mass is 16.6. The van der Waals surface area contributed by atoms with Crippen LogP contribution in [0.4, 0.5) is 16.2 Å². The molecule has 2 aliphatic heterocycles. The van der Waals surface area contributed by atoms with Gasteiger partial charge in [0, 0.05) is 44.1 Å². The number of fused-ring (bicyclic) bond motifs is 1. The first kappa shape index (κ1) is 16.0. The number of nitrogens with one attached hydrogen (secondary N) is 1. The SMILES string of the molecule is CCCCOC(=O)N1CCN(c2cccc3c2CCCN3)CC1. The number of rotatable bonds is 4. The van der Waals surface area contributed by atoms with E-state index < -0.39 is 0 Å². The highest BCUT2D eigenvalue weighted by Gasteiger charge is 2.24. The molecule has 0 radical (unpaired) electrons. The molecular formula is C18H27N3O2. The lowest BCUT2D eigenvalue weighted by Gasteiger charge is -2.37. The predicted molar refractivity (Wildman–Crippen MR) is 93.3 cm³/mol. The van der Waals surface area contributed by atoms with E-state index in [9.17, 15) is 4.79 Å². The smallest absolute Gasteiger partial charge is 0.409 e. The third-order valence-corrected chi connectivity index (χ3v) is 4.67. The van der Waals surface area contributed by atoms with Gasteiger partial charge in [-0.2, -0.15) is 0 Å². The fourth-order valence-corrected chi connectivity index (χ4v) is 3.31. The molecule has 5 nitrogen and oxygen atoms in total. The molecule has 0 aliphatic carbocycles. The van der Waals surface area contributed by atoms with E-state index in [2.05, 4.69) is 35.3 Å². The zero-order valence-electron chi connectivity index (χ0n) is 14.0. The Bertz CT molecular complexity index is 539. The number of amides is 1. The molecule has 0 unspecified atom stereocenters. The molecule has 1 saturated heterocycles. The van der Waals surface area contributed by atoms with Crippen LogP contribution in [0.25, 0.3) is 0 Å². The summed E-state index contributed by atoms with van der Waals surface area (Å²) in [4.78, 5) is 16.3. The largest absolute Gasteiger partial charge is 0.449 e. The van der Waals surface area contributed by atoms with Crippen molar-refractivity contribution >= 4 is 17.5 Å². The second-order valence-electron chi connectivity index (χ2n) is 6.28. The van der Waals surface area contributed by atoms with Gasteiger partial charge in [-0.15, -0.1) is 0 Å². The van der Waals surface area contributed by atoms with Gasteiger partial charge in [-0.1, -0.05) is 19.4 Å². The van der Waals surface area contributed by atoms with Crippen LogP contribution in [0.5, 0.6) is 0 Å². The Morgan fingerprint density at radius 2 is 2.09 bits per heavy atom. The lowest BCUT2D eigenvalue weighted by Crippen LogP contribution is -2.49. The third-order valence-electron chi connectivity index (χ3n) is 4.67. The zero-order chi connectivity index (χ0) is 16.1. The number of anilines is 2. The van der Waals surface area contributed by atoms with Crippen molar-refractivity contribution in [1.29, 1.82) is 0 Å². The lowest BCUT2D eigenvalue weighted by atomic mass is 10.0. The Labute approximate surface area is 138 Å². The van der Waals surface area contributed by atoms with Crippen LogP contribution in [0.15, 0.2) is 18.2 Å². The summed E-state index contributed by atoms with van der Waals surface area (Å²) in [6, 6.07) is 6.50. The molecule has 1 aromatic rings. The van der Waals surface area contributed by atoms with Gasteiger partial charge < -0.3 is 19.9 Å². The number of unbranched alkanes of at least 4 members (excludes halogenated alkanes) is 1. The van der Waals surface area contributed by atoms with Crippen molar-refractivity contribution in [3.63, 3.8) is 0 Å². The minimum absolute atomic E-state index is 0.158. The molecule has 0 spiro atoms. The minimum atomic E-state index is -0.158. The quantitative estimate of drug-likeness (QED) is 0.867. The van der Waals surface area contributed by atoms with Crippen molar-refractivity contribution in [2.75, 3.05) is 49.5 Å². The van der Waals surface area contributed by atoms with Gasteiger partial charge in [0.15, 0.2) is 0 Å². The fraction of sp³-hybridized carbons (Fsp3) is 0.611. The van der Waals surface area contributed by atoms with Gasteiger partial charge >= 0.3 is 6.09 Å². The molecule has 0 atom stereocenters. The summed E-state index contributed by atoms with van der Waals surface area (Å²) in [5.41, 5.74) is 4.03. The van der Waals surface area contributed by atoms with Crippen molar-refractivity contribution in [2.45, 2.75) is 32.6 Å². The topological polar surface area (TPSA) is 44.8 Å². The van der Waals surface area contributed by atoms with Gasteiger partial charge in [-0.3, -0.25) is 0 Å². The molecule has 2 heterocycles. The zero-order valence-corrected chi connectivity index (χ0v) is 14.0. The molecule has 0 bridgehead atoms. The Balaban J connectivity index is 1.58. The highest BCUT2D eigenvalue weighted by molar-refractivity contribution is 5.70. The van der Waals surface area contributed by atoms with Crippen LogP contribution in [0, 0.1) is 0 Å². The van der Waals surface area contributed by atoms with Gasteiger partial charge in [0.25, 0.3) is 0 Å². The van der Waals surface area contributed by atoms with Gasteiger partial charge in [-0.05, 0) is 37.0 Å². The number of carbonyl (C=O) groups is 1. The van der Waals surface area contributed by atoms with Crippen molar-refractivity contribution in [2.24, 2.45) is 0 Å². The molecule has 0 aromatic heterocycles. The Morgan fingerprint density at radius 1 is 1.26 bits per heavy atom. The number of hydrogen-bond acceptors (Lipinski definition) is 4.